The summed E-state index contributed by atoms with van der Waals surface area (Å²) in [4.78, 5) is 40.0. The maximum absolute atomic E-state index is 13.9. The molecular formula is C21H22FN3O4. The minimum atomic E-state index is -0.573. The molecule has 0 spiro atoms. The Hall–Kier alpha value is -3.42. The highest BCUT2D eigenvalue weighted by Gasteiger charge is 2.24. The second-order valence-electron chi connectivity index (χ2n) is 6.58. The van der Waals surface area contributed by atoms with Crippen LogP contribution in [-0.4, -0.2) is 56.0 Å². The quantitative estimate of drug-likeness (QED) is 0.617. The smallest absolute Gasteiger partial charge is 0.339 e. The van der Waals surface area contributed by atoms with Crippen LogP contribution in [0.4, 0.5) is 15.8 Å². The largest absolute Gasteiger partial charge is 0.465 e. The fourth-order valence-electron chi connectivity index (χ4n) is 3.23. The molecule has 0 atom stereocenters. The van der Waals surface area contributed by atoms with Gasteiger partial charge in [-0.15, -0.1) is 0 Å². The normalized spacial score (nSPS) is 13.7. The number of carbonyl (C=O) groups is 3. The Bertz CT molecular complexity index is 910. The van der Waals surface area contributed by atoms with Crippen molar-refractivity contribution in [3.05, 3.63) is 59.9 Å². The Morgan fingerprint density at radius 2 is 1.66 bits per heavy atom. The van der Waals surface area contributed by atoms with Gasteiger partial charge in [-0.2, -0.15) is 0 Å². The fourth-order valence-corrected chi connectivity index (χ4v) is 3.23. The fraction of sp³-hybridized carbons (Fsp3) is 0.286. The van der Waals surface area contributed by atoms with Gasteiger partial charge in [0.2, 0.25) is 11.8 Å². The minimum Gasteiger partial charge on any atom is -0.465 e. The predicted octanol–water partition coefficient (Wildman–Crippen LogP) is 2.29. The summed E-state index contributed by atoms with van der Waals surface area (Å²) in [5.41, 5.74) is 1.02. The Morgan fingerprint density at radius 3 is 2.34 bits per heavy atom. The van der Waals surface area contributed by atoms with E-state index in [1.54, 1.807) is 41.3 Å². The molecule has 1 aliphatic rings. The summed E-state index contributed by atoms with van der Waals surface area (Å²) < 4.78 is 18.6. The van der Waals surface area contributed by atoms with Crippen molar-refractivity contribution in [2.45, 2.75) is 6.42 Å². The number of nitrogens with one attached hydrogen (secondary N) is 1. The number of rotatable bonds is 5. The zero-order chi connectivity index (χ0) is 20.8. The summed E-state index contributed by atoms with van der Waals surface area (Å²) in [6, 6.07) is 12.9. The van der Waals surface area contributed by atoms with E-state index in [-0.39, 0.29) is 23.7 Å². The van der Waals surface area contributed by atoms with Gasteiger partial charge in [0.1, 0.15) is 12.2 Å². The number of halogens is 1. The molecule has 1 fully saturated rings. The number of nitrogens with zero attached hydrogens (tertiary/aromatic N) is 2. The van der Waals surface area contributed by atoms with E-state index in [1.807, 2.05) is 4.90 Å². The van der Waals surface area contributed by atoms with Crippen LogP contribution < -0.4 is 10.2 Å². The van der Waals surface area contributed by atoms with E-state index in [4.69, 9.17) is 4.74 Å². The minimum absolute atomic E-state index is 0.217. The van der Waals surface area contributed by atoms with Crippen LogP contribution in [0, 0.1) is 5.82 Å². The number of ether oxygens (including phenoxy) is 1. The Labute approximate surface area is 168 Å². The van der Waals surface area contributed by atoms with Crippen LogP contribution in [-0.2, 0) is 14.3 Å². The van der Waals surface area contributed by atoms with E-state index in [0.717, 1.165) is 0 Å². The molecule has 0 unspecified atom stereocenters. The van der Waals surface area contributed by atoms with Gasteiger partial charge >= 0.3 is 5.97 Å². The second kappa shape index (κ2) is 9.18. The highest BCUT2D eigenvalue weighted by Crippen LogP contribution is 2.20. The van der Waals surface area contributed by atoms with E-state index in [9.17, 15) is 18.8 Å². The van der Waals surface area contributed by atoms with Gasteiger partial charge in [0.25, 0.3) is 0 Å². The number of methoxy groups -OCH3 is 1. The monoisotopic (exact) mass is 399 g/mol. The zero-order valence-electron chi connectivity index (χ0n) is 16.1. The number of hydrogen-bond acceptors (Lipinski definition) is 5. The van der Waals surface area contributed by atoms with Crippen molar-refractivity contribution >= 4 is 29.2 Å². The van der Waals surface area contributed by atoms with E-state index < -0.39 is 11.9 Å². The molecule has 1 N–H and O–H groups in total. The first-order chi connectivity index (χ1) is 14.0. The lowest BCUT2D eigenvalue weighted by molar-refractivity contribution is -0.134. The maximum atomic E-state index is 13.9. The van der Waals surface area contributed by atoms with Crippen LogP contribution in [0.25, 0.3) is 0 Å². The van der Waals surface area contributed by atoms with Gasteiger partial charge in [0.15, 0.2) is 0 Å². The van der Waals surface area contributed by atoms with Gasteiger partial charge < -0.3 is 19.9 Å². The van der Waals surface area contributed by atoms with E-state index in [1.165, 1.54) is 19.2 Å². The number of anilines is 2. The molecule has 1 heterocycles. The van der Waals surface area contributed by atoms with Crippen molar-refractivity contribution in [3.63, 3.8) is 0 Å². The highest BCUT2D eigenvalue weighted by atomic mass is 19.1. The van der Waals surface area contributed by atoms with Crippen molar-refractivity contribution < 1.29 is 23.5 Å². The molecule has 1 aliphatic heterocycles. The summed E-state index contributed by atoms with van der Waals surface area (Å²) >= 11 is 0. The third-order valence-corrected chi connectivity index (χ3v) is 4.74. The Morgan fingerprint density at radius 1 is 1.00 bits per heavy atom. The van der Waals surface area contributed by atoms with Gasteiger partial charge in [-0.3, -0.25) is 9.59 Å². The van der Waals surface area contributed by atoms with E-state index >= 15 is 0 Å². The standard InChI is InChI=1S/C21H22FN3O4/c1-29-21(28)15-6-2-4-8-17(15)23-19(26)14-20(27)25-12-10-24(11-13-25)18-9-5-3-7-16(18)22/h2-9H,10-14H2,1H3,(H,23,26). The third kappa shape index (κ3) is 4.90. The first-order valence-electron chi connectivity index (χ1n) is 9.24. The number of carbonyl (C=O) groups excluding carboxylic acids is 3. The summed E-state index contributed by atoms with van der Waals surface area (Å²) in [6.45, 7) is 1.78. The number of hydrogen-bond donors (Lipinski definition) is 1. The van der Waals surface area contributed by atoms with Crippen LogP contribution in [0.3, 0.4) is 0 Å². The molecule has 152 valence electrons. The molecule has 1 saturated heterocycles. The number of amides is 2. The molecule has 8 heteroatoms. The Balaban J connectivity index is 1.54. The molecule has 29 heavy (non-hydrogen) atoms. The molecule has 2 aromatic rings. The summed E-state index contributed by atoms with van der Waals surface area (Å²) in [6.07, 6.45) is -0.338. The van der Waals surface area contributed by atoms with Crippen molar-refractivity contribution in [3.8, 4) is 0 Å². The number of esters is 1. The van der Waals surface area contributed by atoms with Crippen LogP contribution in [0.1, 0.15) is 16.8 Å². The summed E-state index contributed by atoms with van der Waals surface area (Å²) in [5.74, 6) is -1.69. The predicted molar refractivity (Wildman–Crippen MR) is 106 cm³/mol. The zero-order valence-corrected chi connectivity index (χ0v) is 16.1. The highest BCUT2D eigenvalue weighted by molar-refractivity contribution is 6.06. The van der Waals surface area contributed by atoms with Crippen molar-refractivity contribution in [1.29, 1.82) is 0 Å². The number of piperazine rings is 1. The molecule has 0 bridgehead atoms. The number of para-hydroxylation sites is 2. The van der Waals surface area contributed by atoms with E-state index in [2.05, 4.69) is 5.32 Å². The first-order valence-corrected chi connectivity index (χ1v) is 9.24. The summed E-state index contributed by atoms with van der Waals surface area (Å²) in [7, 11) is 1.26. The molecular weight excluding hydrogens is 377 g/mol. The Kier molecular flexibility index (Phi) is 6.43. The van der Waals surface area contributed by atoms with Crippen LogP contribution in [0.5, 0.6) is 0 Å². The van der Waals surface area contributed by atoms with Crippen molar-refractivity contribution in [2.24, 2.45) is 0 Å². The van der Waals surface area contributed by atoms with Gasteiger partial charge in [-0.1, -0.05) is 24.3 Å². The van der Waals surface area contributed by atoms with Gasteiger partial charge in [-0.05, 0) is 24.3 Å². The van der Waals surface area contributed by atoms with Crippen molar-refractivity contribution in [1.82, 2.24) is 4.90 Å². The van der Waals surface area contributed by atoms with Crippen LogP contribution in [0.2, 0.25) is 0 Å². The second-order valence-corrected chi connectivity index (χ2v) is 6.58. The maximum Gasteiger partial charge on any atom is 0.339 e. The third-order valence-electron chi connectivity index (χ3n) is 4.74. The summed E-state index contributed by atoms with van der Waals surface area (Å²) in [5, 5.41) is 2.59. The molecule has 2 aromatic carbocycles. The first kappa shape index (κ1) is 20.3. The molecule has 3 rings (SSSR count). The SMILES string of the molecule is COC(=O)c1ccccc1NC(=O)CC(=O)N1CCN(c2ccccc2F)CC1. The molecule has 0 aromatic heterocycles. The van der Waals surface area contributed by atoms with E-state index in [0.29, 0.717) is 37.6 Å². The molecule has 0 radical (unpaired) electrons. The molecule has 0 saturated carbocycles. The van der Waals surface area contributed by atoms with Gasteiger partial charge in [-0.25, -0.2) is 9.18 Å². The van der Waals surface area contributed by atoms with Crippen LogP contribution >= 0.6 is 0 Å². The molecule has 2 amide bonds. The van der Waals surface area contributed by atoms with Crippen LogP contribution in [0.15, 0.2) is 48.5 Å². The lowest BCUT2D eigenvalue weighted by atomic mass is 10.1. The average Bonchev–Trinajstić information content (AvgIpc) is 2.74. The number of benzene rings is 2. The topological polar surface area (TPSA) is 78.9 Å². The lowest BCUT2D eigenvalue weighted by Gasteiger charge is -2.36. The van der Waals surface area contributed by atoms with Crippen molar-refractivity contribution in [2.75, 3.05) is 43.5 Å². The average molecular weight is 399 g/mol. The molecule has 7 nitrogen and oxygen atoms in total. The van der Waals surface area contributed by atoms with Gasteiger partial charge in [0, 0.05) is 26.2 Å². The van der Waals surface area contributed by atoms with Gasteiger partial charge in [0.05, 0.1) is 24.0 Å². The molecule has 0 aliphatic carbocycles. The lowest BCUT2D eigenvalue weighted by Crippen LogP contribution is -2.49.